The first-order chi connectivity index (χ1) is 34.2. The number of hydrogen-bond acceptors (Lipinski definition) is 1. The molecule has 0 spiro atoms. The highest BCUT2D eigenvalue weighted by Gasteiger charge is 2.46. The quantitative estimate of drug-likeness (QED) is 0.145. The molecule has 0 saturated heterocycles. The van der Waals surface area contributed by atoms with Crippen LogP contribution in [0.2, 0.25) is 0 Å². The molecule has 1 aromatic heterocycles. The van der Waals surface area contributed by atoms with Gasteiger partial charge in [0, 0.05) is 33.2 Å². The van der Waals surface area contributed by atoms with E-state index in [1.165, 1.54) is 98.6 Å². The minimum Gasteiger partial charge on any atom is -0.310 e. The van der Waals surface area contributed by atoms with Crippen LogP contribution in [0.25, 0.3) is 82.1 Å². The van der Waals surface area contributed by atoms with E-state index in [0.29, 0.717) is 0 Å². The van der Waals surface area contributed by atoms with Gasteiger partial charge in [-0.15, -0.1) is 0 Å². The summed E-state index contributed by atoms with van der Waals surface area (Å²) in [6.07, 6.45) is 0. The van der Waals surface area contributed by atoms with E-state index in [1.807, 2.05) is 0 Å². The molecule has 2 heteroatoms. The van der Waals surface area contributed by atoms with E-state index in [1.54, 1.807) is 0 Å². The normalized spacial score (nSPS) is 12.8. The number of nitrogens with zero attached hydrogens (tertiary/aromatic N) is 2. The summed E-state index contributed by atoms with van der Waals surface area (Å²) in [6.45, 7) is 0. The highest BCUT2D eigenvalue weighted by atomic mass is 15.1. The molecule has 0 saturated carbocycles. The minimum absolute atomic E-state index is 0.478. The van der Waals surface area contributed by atoms with Gasteiger partial charge in [-0.1, -0.05) is 206 Å². The molecule has 12 aromatic carbocycles. The van der Waals surface area contributed by atoms with Crippen LogP contribution in [0, 0.1) is 0 Å². The number of benzene rings is 12. The van der Waals surface area contributed by atoms with Crippen LogP contribution in [-0.4, -0.2) is 4.57 Å². The number of para-hydroxylation sites is 1. The second-order valence-corrected chi connectivity index (χ2v) is 18.4. The molecule has 1 heterocycles. The Hall–Kier alpha value is -8.98. The fraction of sp³-hybridized carbons (Fsp3) is 0.0149. The third-order valence-electron chi connectivity index (χ3n) is 14.8. The zero-order chi connectivity index (χ0) is 45.5. The Morgan fingerprint density at radius 1 is 0.304 bits per heavy atom. The van der Waals surface area contributed by atoms with E-state index < -0.39 is 5.41 Å². The zero-order valence-corrected chi connectivity index (χ0v) is 37.8. The lowest BCUT2D eigenvalue weighted by atomic mass is 9.67. The van der Waals surface area contributed by atoms with Crippen molar-refractivity contribution in [3.8, 4) is 27.9 Å². The molecule has 0 atom stereocenters. The van der Waals surface area contributed by atoms with Crippen LogP contribution in [0.3, 0.4) is 0 Å². The summed E-state index contributed by atoms with van der Waals surface area (Å²) < 4.78 is 2.47. The highest BCUT2D eigenvalue weighted by molar-refractivity contribution is 6.15. The van der Waals surface area contributed by atoms with Crippen LogP contribution in [0.1, 0.15) is 22.3 Å². The molecule has 1 aliphatic rings. The maximum absolute atomic E-state index is 2.47. The topological polar surface area (TPSA) is 8.17 Å². The predicted molar refractivity (Wildman–Crippen MR) is 291 cm³/mol. The molecule has 322 valence electrons. The van der Waals surface area contributed by atoms with Crippen molar-refractivity contribution in [1.82, 2.24) is 4.57 Å². The first kappa shape index (κ1) is 39.2. The number of hydrogen-bond donors (Lipinski definition) is 0. The molecule has 1 aliphatic carbocycles. The lowest BCUT2D eigenvalue weighted by molar-refractivity contribution is 0.767. The van der Waals surface area contributed by atoms with Crippen LogP contribution in [0.5, 0.6) is 0 Å². The largest absolute Gasteiger partial charge is 0.310 e. The molecule has 2 nitrogen and oxygen atoms in total. The Morgan fingerprint density at radius 3 is 1.67 bits per heavy atom. The van der Waals surface area contributed by atoms with E-state index in [-0.39, 0.29) is 0 Å². The summed E-state index contributed by atoms with van der Waals surface area (Å²) in [7, 11) is 0. The van der Waals surface area contributed by atoms with Crippen LogP contribution in [0.15, 0.2) is 267 Å². The molecular formula is C67H44N2. The van der Waals surface area contributed by atoms with Gasteiger partial charge in [-0.3, -0.25) is 0 Å². The first-order valence-electron chi connectivity index (χ1n) is 23.9. The van der Waals surface area contributed by atoms with Crippen molar-refractivity contribution in [3.63, 3.8) is 0 Å². The van der Waals surface area contributed by atoms with Gasteiger partial charge < -0.3 is 9.47 Å². The predicted octanol–water partition coefficient (Wildman–Crippen LogP) is 17.7. The molecule has 13 aromatic rings. The number of aromatic nitrogens is 1. The van der Waals surface area contributed by atoms with Crippen molar-refractivity contribution in [2.24, 2.45) is 0 Å². The summed E-state index contributed by atoms with van der Waals surface area (Å²) in [5, 5.41) is 9.85. The monoisotopic (exact) mass is 876 g/mol. The summed E-state index contributed by atoms with van der Waals surface area (Å²) in [6, 6.07) is 98.7. The maximum atomic E-state index is 2.47. The minimum atomic E-state index is -0.478. The number of anilines is 3. The molecule has 0 fully saturated rings. The van der Waals surface area contributed by atoms with Crippen molar-refractivity contribution in [1.29, 1.82) is 0 Å². The summed E-state index contributed by atoms with van der Waals surface area (Å²) in [4.78, 5) is 2.43. The fourth-order valence-electron chi connectivity index (χ4n) is 11.8. The van der Waals surface area contributed by atoms with Crippen LogP contribution < -0.4 is 4.90 Å². The van der Waals surface area contributed by atoms with Gasteiger partial charge in [-0.2, -0.15) is 0 Å². The molecule has 0 aliphatic heterocycles. The Labute approximate surface area is 401 Å². The van der Waals surface area contributed by atoms with E-state index in [0.717, 1.165) is 22.7 Å². The second kappa shape index (κ2) is 15.6. The van der Waals surface area contributed by atoms with Gasteiger partial charge in [0.1, 0.15) is 0 Å². The van der Waals surface area contributed by atoms with E-state index in [4.69, 9.17) is 0 Å². The molecule has 0 radical (unpaired) electrons. The van der Waals surface area contributed by atoms with Crippen molar-refractivity contribution in [2.75, 3.05) is 4.90 Å². The Balaban J connectivity index is 0.910. The van der Waals surface area contributed by atoms with E-state index >= 15 is 0 Å². The van der Waals surface area contributed by atoms with E-state index in [2.05, 4.69) is 276 Å². The fourth-order valence-corrected chi connectivity index (χ4v) is 11.8. The van der Waals surface area contributed by atoms with Crippen molar-refractivity contribution in [2.45, 2.75) is 5.41 Å². The summed E-state index contributed by atoms with van der Waals surface area (Å²) in [5.41, 5.74) is 16.5. The lowest BCUT2D eigenvalue weighted by Gasteiger charge is -2.34. The maximum Gasteiger partial charge on any atom is 0.0714 e. The Morgan fingerprint density at radius 2 is 0.884 bits per heavy atom. The SMILES string of the molecule is c1ccc(C2(c3ccccc3)c3ccccc3-c3ccc(-n4c5ccccc5c5cc(-c6ccc(N(c7ccc8ccccc8c7)c7cc8ccccc8c8ccccc78)cc6)ccc54)cc32)cc1. The lowest BCUT2D eigenvalue weighted by Crippen LogP contribution is -2.28. The van der Waals surface area contributed by atoms with Crippen LogP contribution in [0.4, 0.5) is 17.1 Å². The average Bonchev–Trinajstić information content (AvgIpc) is 3.92. The Bertz CT molecular complexity index is 4090. The van der Waals surface area contributed by atoms with Gasteiger partial charge >= 0.3 is 0 Å². The molecule has 0 amide bonds. The first-order valence-corrected chi connectivity index (χ1v) is 23.9. The molecule has 0 bridgehead atoms. The average molecular weight is 877 g/mol. The molecule has 0 unspecified atom stereocenters. The second-order valence-electron chi connectivity index (χ2n) is 18.4. The highest BCUT2D eigenvalue weighted by Crippen LogP contribution is 2.56. The molecule has 0 N–H and O–H groups in total. The van der Waals surface area contributed by atoms with Gasteiger partial charge in [0.2, 0.25) is 0 Å². The zero-order valence-electron chi connectivity index (χ0n) is 37.8. The number of rotatable bonds is 7. The standard InChI is InChI=1S/C67H44N2/c1-3-20-50(21-4-1)67(51-22-5-2-6-23-51)62-29-15-13-26-57(62)58-39-38-54(44-63(58)67)69-64-30-16-14-28-60(64)61-42-48(34-40-65(61)69)46-31-35-52(36-32-46)68(53-37-33-45-17-7-8-18-47(45)41-53)66-43-49-19-9-10-24-55(49)56-25-11-12-27-59(56)66/h1-44H. The van der Waals surface area contributed by atoms with Crippen molar-refractivity contribution >= 4 is 71.2 Å². The molecule has 14 rings (SSSR count). The van der Waals surface area contributed by atoms with Crippen LogP contribution >= 0.6 is 0 Å². The third-order valence-corrected chi connectivity index (χ3v) is 14.8. The summed E-state index contributed by atoms with van der Waals surface area (Å²) in [5.74, 6) is 0. The van der Waals surface area contributed by atoms with Crippen LogP contribution in [-0.2, 0) is 5.41 Å². The van der Waals surface area contributed by atoms with Gasteiger partial charge in [-0.25, -0.2) is 0 Å². The van der Waals surface area contributed by atoms with Gasteiger partial charge in [0.15, 0.2) is 0 Å². The third kappa shape index (κ3) is 5.99. The molecular weight excluding hydrogens is 833 g/mol. The van der Waals surface area contributed by atoms with Gasteiger partial charge in [-0.05, 0) is 132 Å². The van der Waals surface area contributed by atoms with Gasteiger partial charge in [0.25, 0.3) is 0 Å². The smallest absolute Gasteiger partial charge is 0.0714 e. The summed E-state index contributed by atoms with van der Waals surface area (Å²) >= 11 is 0. The molecule has 69 heavy (non-hydrogen) atoms. The van der Waals surface area contributed by atoms with Crippen molar-refractivity contribution < 1.29 is 0 Å². The van der Waals surface area contributed by atoms with Crippen molar-refractivity contribution in [3.05, 3.63) is 289 Å². The van der Waals surface area contributed by atoms with Gasteiger partial charge in [0.05, 0.1) is 22.1 Å². The van der Waals surface area contributed by atoms with E-state index in [9.17, 15) is 0 Å². The Kier molecular flexibility index (Phi) is 8.84. The number of fused-ring (bicyclic) bond motifs is 10.